The summed E-state index contributed by atoms with van der Waals surface area (Å²) >= 11 is 6.00. The Morgan fingerprint density at radius 3 is 2.40 bits per heavy atom. The summed E-state index contributed by atoms with van der Waals surface area (Å²) in [5.74, 6) is 0. The summed E-state index contributed by atoms with van der Waals surface area (Å²) in [6.45, 7) is 1.74. The Morgan fingerprint density at radius 1 is 1.25 bits per heavy atom. The quantitative estimate of drug-likeness (QED) is 0.883. The van der Waals surface area contributed by atoms with Gasteiger partial charge in [0.2, 0.25) is 0 Å². The third kappa shape index (κ3) is 2.57. The van der Waals surface area contributed by atoms with Crippen molar-refractivity contribution < 1.29 is 8.42 Å². The van der Waals surface area contributed by atoms with Crippen LogP contribution in [0.2, 0.25) is 5.02 Å². The molecule has 0 saturated heterocycles. The second-order valence-electron chi connectivity index (χ2n) is 4.30. The van der Waals surface area contributed by atoms with E-state index in [9.17, 15) is 8.42 Å². The number of hydrogen-bond donors (Lipinski definition) is 1. The molecule has 0 spiro atoms. The first-order chi connectivity index (χ1) is 9.34. The molecule has 2 aromatic rings. The summed E-state index contributed by atoms with van der Waals surface area (Å²) < 4.78 is 26.2. The Labute approximate surface area is 123 Å². The number of sulfonamides is 1. The maximum absolute atomic E-state index is 12.5. The number of halogens is 1. The van der Waals surface area contributed by atoms with E-state index in [-0.39, 0.29) is 4.90 Å². The number of nitrogens with zero attached hydrogens (tertiary/aromatic N) is 2. The van der Waals surface area contributed by atoms with Crippen LogP contribution in [0.4, 0.5) is 11.4 Å². The van der Waals surface area contributed by atoms with Crippen LogP contribution in [0.5, 0.6) is 0 Å². The van der Waals surface area contributed by atoms with Gasteiger partial charge in [-0.2, -0.15) is 0 Å². The monoisotopic (exact) mass is 311 g/mol. The Bertz CT molecular complexity index is 710. The van der Waals surface area contributed by atoms with Crippen molar-refractivity contribution in [3.05, 3.63) is 47.2 Å². The van der Waals surface area contributed by atoms with E-state index in [1.807, 2.05) is 0 Å². The Balaban J connectivity index is 2.51. The van der Waals surface area contributed by atoms with Crippen molar-refractivity contribution in [2.45, 2.75) is 11.8 Å². The highest BCUT2D eigenvalue weighted by Crippen LogP contribution is 2.29. The van der Waals surface area contributed by atoms with E-state index in [2.05, 4.69) is 4.98 Å². The van der Waals surface area contributed by atoms with Crippen molar-refractivity contribution in [1.29, 1.82) is 0 Å². The zero-order chi connectivity index (χ0) is 14.9. The third-order valence-electron chi connectivity index (χ3n) is 3.04. The topological polar surface area (TPSA) is 76.3 Å². The van der Waals surface area contributed by atoms with Crippen LogP contribution in [0.15, 0.2) is 41.6 Å². The van der Waals surface area contributed by atoms with Crippen molar-refractivity contribution in [2.24, 2.45) is 0 Å². The standard InChI is InChI=1S/C13H14ClN3O2S/c1-9-12(14)7-11(8-13(9)15)20(18,19)17(2)10-3-5-16-6-4-10/h3-8H,15H2,1-2H3. The number of anilines is 2. The van der Waals surface area contributed by atoms with E-state index in [1.165, 1.54) is 31.6 Å². The second-order valence-corrected chi connectivity index (χ2v) is 6.67. The largest absolute Gasteiger partial charge is 0.398 e. The van der Waals surface area contributed by atoms with Crippen LogP contribution in [-0.4, -0.2) is 20.4 Å². The van der Waals surface area contributed by atoms with Gasteiger partial charge in [0, 0.05) is 30.2 Å². The molecule has 0 bridgehead atoms. The molecule has 0 aliphatic rings. The van der Waals surface area contributed by atoms with Crippen LogP contribution >= 0.6 is 11.6 Å². The normalized spacial score (nSPS) is 11.3. The first-order valence-corrected chi connectivity index (χ1v) is 7.60. The van der Waals surface area contributed by atoms with Gasteiger partial charge in [-0.05, 0) is 36.8 Å². The number of aromatic nitrogens is 1. The van der Waals surface area contributed by atoms with Crippen LogP contribution in [0.1, 0.15) is 5.56 Å². The molecular formula is C13H14ClN3O2S. The number of rotatable bonds is 3. The predicted molar refractivity (Wildman–Crippen MR) is 80.4 cm³/mol. The van der Waals surface area contributed by atoms with Crippen molar-refractivity contribution in [2.75, 3.05) is 17.1 Å². The van der Waals surface area contributed by atoms with Crippen molar-refractivity contribution in [3.8, 4) is 0 Å². The van der Waals surface area contributed by atoms with Gasteiger partial charge in [-0.3, -0.25) is 9.29 Å². The molecule has 0 amide bonds. The van der Waals surface area contributed by atoms with E-state index in [0.717, 1.165) is 4.31 Å². The second kappa shape index (κ2) is 5.30. The molecule has 0 unspecified atom stereocenters. The summed E-state index contributed by atoms with van der Waals surface area (Å²) in [5, 5.41) is 0.326. The van der Waals surface area contributed by atoms with Crippen LogP contribution in [0, 0.1) is 6.92 Å². The molecule has 0 saturated carbocycles. The van der Waals surface area contributed by atoms with Gasteiger partial charge >= 0.3 is 0 Å². The van der Waals surface area contributed by atoms with E-state index in [1.54, 1.807) is 19.1 Å². The molecule has 20 heavy (non-hydrogen) atoms. The number of hydrogen-bond acceptors (Lipinski definition) is 4. The molecule has 2 rings (SSSR count). The molecule has 5 nitrogen and oxygen atoms in total. The van der Waals surface area contributed by atoms with E-state index < -0.39 is 10.0 Å². The summed E-state index contributed by atoms with van der Waals surface area (Å²) in [5.41, 5.74) is 7.30. The highest BCUT2D eigenvalue weighted by atomic mass is 35.5. The fourth-order valence-corrected chi connectivity index (χ4v) is 3.22. The predicted octanol–water partition coefficient (Wildman–Crippen LogP) is 2.45. The lowest BCUT2D eigenvalue weighted by atomic mass is 10.2. The number of nitrogens with two attached hydrogens (primary N) is 1. The molecule has 7 heteroatoms. The van der Waals surface area contributed by atoms with Gasteiger partial charge in [0.05, 0.1) is 10.6 Å². The van der Waals surface area contributed by atoms with Gasteiger partial charge in [0.25, 0.3) is 10.0 Å². The third-order valence-corrected chi connectivity index (χ3v) is 5.20. The minimum Gasteiger partial charge on any atom is -0.398 e. The average Bonchev–Trinajstić information content (AvgIpc) is 2.44. The summed E-state index contributed by atoms with van der Waals surface area (Å²) in [6.07, 6.45) is 3.05. The first kappa shape index (κ1) is 14.6. The molecule has 0 radical (unpaired) electrons. The van der Waals surface area contributed by atoms with Crippen molar-refractivity contribution in [3.63, 3.8) is 0 Å². The van der Waals surface area contributed by atoms with Crippen LogP contribution < -0.4 is 10.0 Å². The number of nitrogen functional groups attached to an aromatic ring is 1. The van der Waals surface area contributed by atoms with E-state index in [4.69, 9.17) is 17.3 Å². The minimum absolute atomic E-state index is 0.0601. The van der Waals surface area contributed by atoms with Gasteiger partial charge in [-0.15, -0.1) is 0 Å². The maximum atomic E-state index is 12.5. The van der Waals surface area contributed by atoms with Crippen LogP contribution in [0.3, 0.4) is 0 Å². The first-order valence-electron chi connectivity index (χ1n) is 5.78. The lowest BCUT2D eigenvalue weighted by Gasteiger charge is -2.20. The highest BCUT2D eigenvalue weighted by molar-refractivity contribution is 7.92. The molecule has 0 fully saturated rings. The molecule has 1 aromatic heterocycles. The van der Waals surface area contributed by atoms with Gasteiger partial charge < -0.3 is 5.73 Å². The summed E-state index contributed by atoms with van der Waals surface area (Å²) in [6, 6.07) is 6.03. The van der Waals surface area contributed by atoms with Gasteiger partial charge in [-0.1, -0.05) is 11.6 Å². The Hall–Kier alpha value is -1.79. The Kier molecular flexibility index (Phi) is 3.87. The minimum atomic E-state index is -3.71. The molecule has 0 aliphatic heterocycles. The van der Waals surface area contributed by atoms with Crippen molar-refractivity contribution >= 4 is 33.0 Å². The Morgan fingerprint density at radius 2 is 1.85 bits per heavy atom. The highest BCUT2D eigenvalue weighted by Gasteiger charge is 2.22. The summed E-state index contributed by atoms with van der Waals surface area (Å²) in [7, 11) is -2.25. The lowest BCUT2D eigenvalue weighted by Crippen LogP contribution is -2.26. The van der Waals surface area contributed by atoms with Crippen molar-refractivity contribution in [1.82, 2.24) is 4.98 Å². The number of benzene rings is 1. The summed E-state index contributed by atoms with van der Waals surface area (Å²) in [4.78, 5) is 3.92. The molecular weight excluding hydrogens is 298 g/mol. The lowest BCUT2D eigenvalue weighted by molar-refractivity contribution is 0.594. The number of pyridine rings is 1. The molecule has 2 N–H and O–H groups in total. The zero-order valence-corrected chi connectivity index (χ0v) is 12.6. The van der Waals surface area contributed by atoms with Crippen LogP contribution in [-0.2, 0) is 10.0 Å². The van der Waals surface area contributed by atoms with Gasteiger partial charge in [0.15, 0.2) is 0 Å². The molecule has 0 atom stereocenters. The molecule has 1 heterocycles. The fourth-order valence-electron chi connectivity index (χ4n) is 1.67. The zero-order valence-electron chi connectivity index (χ0n) is 11.0. The molecule has 106 valence electrons. The van der Waals surface area contributed by atoms with E-state index in [0.29, 0.717) is 22.0 Å². The van der Waals surface area contributed by atoms with E-state index >= 15 is 0 Å². The van der Waals surface area contributed by atoms with Gasteiger partial charge in [-0.25, -0.2) is 8.42 Å². The van der Waals surface area contributed by atoms with Crippen LogP contribution in [0.25, 0.3) is 0 Å². The smallest absolute Gasteiger partial charge is 0.264 e. The van der Waals surface area contributed by atoms with Gasteiger partial charge in [0.1, 0.15) is 0 Å². The average molecular weight is 312 g/mol. The maximum Gasteiger partial charge on any atom is 0.264 e. The SMILES string of the molecule is Cc1c(N)cc(S(=O)(=O)N(C)c2ccncc2)cc1Cl. The fraction of sp³-hybridized carbons (Fsp3) is 0.154. The molecule has 0 aliphatic carbocycles. The molecule has 1 aromatic carbocycles.